The Morgan fingerprint density at radius 2 is 1.65 bits per heavy atom. The lowest BCUT2D eigenvalue weighted by molar-refractivity contribution is 0.285. The van der Waals surface area contributed by atoms with Crippen LogP contribution in [0.2, 0.25) is 5.02 Å². The maximum Gasteiger partial charge on any atom is 0.147 e. The molecule has 1 heterocycles. The smallest absolute Gasteiger partial charge is 0.147 e. The summed E-state index contributed by atoms with van der Waals surface area (Å²) in [6.45, 7) is 4.08. The van der Waals surface area contributed by atoms with Gasteiger partial charge in [0.1, 0.15) is 23.9 Å². The largest absolute Gasteiger partial charge is 0.492 e. The third-order valence-electron chi connectivity index (χ3n) is 5.30. The van der Waals surface area contributed by atoms with Crippen molar-refractivity contribution in [3.05, 3.63) is 89.2 Å². The zero-order valence-corrected chi connectivity index (χ0v) is 18.5. The number of nitrogens with zero attached hydrogens (tertiary/aromatic N) is 2. The number of hydrogen-bond donors (Lipinski definition) is 0. The highest BCUT2D eigenvalue weighted by atomic mass is 35.5. The van der Waals surface area contributed by atoms with Crippen LogP contribution in [0.3, 0.4) is 0 Å². The minimum atomic E-state index is 0.441. The molecule has 0 N–H and O–H groups in total. The molecule has 0 amide bonds. The van der Waals surface area contributed by atoms with E-state index in [2.05, 4.69) is 35.8 Å². The van der Waals surface area contributed by atoms with Crippen molar-refractivity contribution in [3.8, 4) is 11.5 Å². The molecule has 3 aromatic carbocycles. The van der Waals surface area contributed by atoms with E-state index >= 15 is 0 Å². The van der Waals surface area contributed by atoms with Gasteiger partial charge < -0.3 is 14.0 Å². The second-order valence-electron chi connectivity index (χ2n) is 7.44. The number of aromatic nitrogens is 2. The van der Waals surface area contributed by atoms with Gasteiger partial charge in [0.05, 0.1) is 22.7 Å². The summed E-state index contributed by atoms with van der Waals surface area (Å²) in [5, 5.41) is 0.648. The Labute approximate surface area is 188 Å². The number of aryl methyl sites for hydroxylation is 2. The quantitative estimate of drug-likeness (QED) is 0.261. The van der Waals surface area contributed by atoms with Crippen LogP contribution in [-0.2, 0) is 19.6 Å². The van der Waals surface area contributed by atoms with Crippen molar-refractivity contribution in [3.63, 3.8) is 0 Å². The Hall–Kier alpha value is -2.98. The fraction of sp³-hybridized carbons (Fsp3) is 0.269. The van der Waals surface area contributed by atoms with Gasteiger partial charge in [-0.2, -0.15) is 0 Å². The average molecular weight is 435 g/mol. The summed E-state index contributed by atoms with van der Waals surface area (Å²) in [4.78, 5) is 4.81. The summed E-state index contributed by atoms with van der Waals surface area (Å²) in [6, 6.07) is 24.1. The standard InChI is InChI=1S/C26H27ClN2O2/c1-2-20-13-15-21(16-14-20)31-19-26-28-23-10-4-5-11-24(23)29(26)17-7-8-18-30-25-12-6-3-9-22(25)27/h3-6,9-16H,2,7-8,17-19H2,1H3. The van der Waals surface area contributed by atoms with Crippen LogP contribution in [0.25, 0.3) is 11.0 Å². The normalized spacial score (nSPS) is 11.0. The molecule has 160 valence electrons. The molecule has 0 aliphatic carbocycles. The molecule has 0 unspecified atom stereocenters. The van der Waals surface area contributed by atoms with Crippen molar-refractivity contribution in [2.45, 2.75) is 39.3 Å². The van der Waals surface area contributed by atoms with Crippen molar-refractivity contribution < 1.29 is 9.47 Å². The Bertz CT molecular complexity index is 1120. The monoisotopic (exact) mass is 434 g/mol. The van der Waals surface area contributed by atoms with Crippen LogP contribution in [0.4, 0.5) is 0 Å². The zero-order valence-electron chi connectivity index (χ0n) is 17.8. The van der Waals surface area contributed by atoms with Gasteiger partial charge >= 0.3 is 0 Å². The van der Waals surface area contributed by atoms with E-state index in [-0.39, 0.29) is 0 Å². The third-order valence-corrected chi connectivity index (χ3v) is 5.62. The van der Waals surface area contributed by atoms with Gasteiger partial charge in [-0.05, 0) is 61.2 Å². The molecule has 0 bridgehead atoms. The first-order valence-electron chi connectivity index (χ1n) is 10.8. The molecule has 0 spiro atoms. The molecule has 0 fully saturated rings. The number of halogens is 1. The third kappa shape index (κ3) is 5.39. The molecule has 4 rings (SSSR count). The number of para-hydroxylation sites is 3. The lowest BCUT2D eigenvalue weighted by Gasteiger charge is -2.12. The predicted octanol–water partition coefficient (Wildman–Crippen LogP) is 6.69. The topological polar surface area (TPSA) is 36.3 Å². The molecule has 1 aromatic heterocycles. The van der Waals surface area contributed by atoms with Crippen LogP contribution in [0.5, 0.6) is 11.5 Å². The van der Waals surface area contributed by atoms with Gasteiger partial charge in [0.2, 0.25) is 0 Å². The number of fused-ring (bicyclic) bond motifs is 1. The summed E-state index contributed by atoms with van der Waals surface area (Å²) < 4.78 is 14.1. The highest BCUT2D eigenvalue weighted by Crippen LogP contribution is 2.24. The van der Waals surface area contributed by atoms with E-state index in [9.17, 15) is 0 Å². The molecular formula is C26H27ClN2O2. The van der Waals surface area contributed by atoms with Gasteiger partial charge in [0.15, 0.2) is 0 Å². The van der Waals surface area contributed by atoms with E-state index in [1.807, 2.05) is 48.5 Å². The van der Waals surface area contributed by atoms with E-state index < -0.39 is 0 Å². The second-order valence-corrected chi connectivity index (χ2v) is 7.85. The van der Waals surface area contributed by atoms with Crippen molar-refractivity contribution in [1.82, 2.24) is 9.55 Å². The second kappa shape index (κ2) is 10.4. The highest BCUT2D eigenvalue weighted by Gasteiger charge is 2.11. The summed E-state index contributed by atoms with van der Waals surface area (Å²) in [5.41, 5.74) is 3.43. The van der Waals surface area contributed by atoms with Gasteiger partial charge in [-0.25, -0.2) is 4.98 Å². The first-order chi connectivity index (χ1) is 15.2. The average Bonchev–Trinajstić information content (AvgIpc) is 3.16. The van der Waals surface area contributed by atoms with E-state index in [4.69, 9.17) is 26.1 Å². The summed E-state index contributed by atoms with van der Waals surface area (Å²) >= 11 is 6.16. The van der Waals surface area contributed by atoms with Crippen molar-refractivity contribution >= 4 is 22.6 Å². The summed E-state index contributed by atoms with van der Waals surface area (Å²) in [6.07, 6.45) is 2.93. The molecule has 0 aliphatic rings. The van der Waals surface area contributed by atoms with Crippen molar-refractivity contribution in [2.24, 2.45) is 0 Å². The molecule has 31 heavy (non-hydrogen) atoms. The number of unbranched alkanes of at least 4 members (excludes halogenated alkanes) is 1. The van der Waals surface area contributed by atoms with Gasteiger partial charge in [0, 0.05) is 6.54 Å². The Balaban J connectivity index is 1.38. The summed E-state index contributed by atoms with van der Waals surface area (Å²) in [7, 11) is 0. The SMILES string of the molecule is CCc1ccc(OCc2nc3ccccc3n2CCCCOc2ccccc2Cl)cc1. The van der Waals surface area contributed by atoms with E-state index in [1.54, 1.807) is 0 Å². The van der Waals surface area contributed by atoms with Crippen LogP contribution in [0, 0.1) is 0 Å². The first kappa shape index (κ1) is 21.3. The maximum atomic E-state index is 6.16. The minimum absolute atomic E-state index is 0.441. The number of imidazole rings is 1. The van der Waals surface area contributed by atoms with E-state index in [0.717, 1.165) is 54.2 Å². The van der Waals surface area contributed by atoms with Gasteiger partial charge in [0.25, 0.3) is 0 Å². The molecule has 0 atom stereocenters. The lowest BCUT2D eigenvalue weighted by Crippen LogP contribution is -2.09. The molecular weight excluding hydrogens is 408 g/mol. The summed E-state index contributed by atoms with van der Waals surface area (Å²) in [5.74, 6) is 2.54. The van der Waals surface area contributed by atoms with Crippen LogP contribution in [0.15, 0.2) is 72.8 Å². The maximum absolute atomic E-state index is 6.16. The van der Waals surface area contributed by atoms with E-state index in [1.165, 1.54) is 5.56 Å². The molecule has 4 aromatic rings. The number of hydrogen-bond acceptors (Lipinski definition) is 3. The number of ether oxygens (including phenoxy) is 2. The van der Waals surface area contributed by atoms with Crippen LogP contribution in [-0.4, -0.2) is 16.2 Å². The fourth-order valence-corrected chi connectivity index (χ4v) is 3.76. The van der Waals surface area contributed by atoms with Crippen LogP contribution >= 0.6 is 11.6 Å². The molecule has 0 aliphatic heterocycles. The van der Waals surface area contributed by atoms with Crippen LogP contribution < -0.4 is 9.47 Å². The fourth-order valence-electron chi connectivity index (χ4n) is 3.57. The molecule has 0 radical (unpaired) electrons. The number of rotatable bonds is 10. The Morgan fingerprint density at radius 3 is 2.45 bits per heavy atom. The van der Waals surface area contributed by atoms with Crippen molar-refractivity contribution in [2.75, 3.05) is 6.61 Å². The van der Waals surface area contributed by atoms with Gasteiger partial charge in [-0.3, -0.25) is 0 Å². The number of benzene rings is 3. The first-order valence-corrected chi connectivity index (χ1v) is 11.2. The molecule has 5 heteroatoms. The molecule has 4 nitrogen and oxygen atoms in total. The highest BCUT2D eigenvalue weighted by molar-refractivity contribution is 6.32. The predicted molar refractivity (Wildman–Crippen MR) is 126 cm³/mol. The van der Waals surface area contributed by atoms with Crippen LogP contribution in [0.1, 0.15) is 31.2 Å². The lowest BCUT2D eigenvalue weighted by atomic mass is 10.2. The molecule has 0 saturated heterocycles. The van der Waals surface area contributed by atoms with Gasteiger partial charge in [-0.15, -0.1) is 0 Å². The Kier molecular flexibility index (Phi) is 7.11. The van der Waals surface area contributed by atoms with Crippen molar-refractivity contribution in [1.29, 1.82) is 0 Å². The minimum Gasteiger partial charge on any atom is -0.492 e. The zero-order chi connectivity index (χ0) is 21.5. The molecule has 0 saturated carbocycles. The Morgan fingerprint density at radius 1 is 0.871 bits per heavy atom. The van der Waals surface area contributed by atoms with Gasteiger partial charge in [-0.1, -0.05) is 54.9 Å². The van der Waals surface area contributed by atoms with E-state index in [0.29, 0.717) is 18.2 Å².